The fourth-order valence-corrected chi connectivity index (χ4v) is 8.77. The van der Waals surface area contributed by atoms with Crippen LogP contribution in [-0.4, -0.2) is 4.57 Å². The van der Waals surface area contributed by atoms with Gasteiger partial charge >= 0.3 is 0 Å². The Hall–Kier alpha value is -7.42. The highest BCUT2D eigenvalue weighted by Gasteiger charge is 2.20. The first-order valence-corrected chi connectivity index (χ1v) is 19.3. The molecule has 1 aromatic heterocycles. The van der Waals surface area contributed by atoms with Gasteiger partial charge in [0.15, 0.2) is 0 Å². The molecule has 0 saturated carbocycles. The molecule has 2 heteroatoms. The molecule has 0 aliphatic rings. The molecule has 0 bridgehead atoms. The van der Waals surface area contributed by atoms with Crippen molar-refractivity contribution in [3.05, 3.63) is 218 Å². The zero-order valence-electron chi connectivity index (χ0n) is 30.7. The van der Waals surface area contributed by atoms with Crippen LogP contribution in [0.3, 0.4) is 0 Å². The van der Waals surface area contributed by atoms with E-state index in [-0.39, 0.29) is 0 Å². The Kier molecular flexibility index (Phi) is 7.53. The van der Waals surface area contributed by atoms with E-state index in [9.17, 15) is 0 Å². The maximum atomic E-state index is 2.44. The molecule has 1 heterocycles. The summed E-state index contributed by atoms with van der Waals surface area (Å²) in [6, 6.07) is 79.5. The second-order valence-electron chi connectivity index (χ2n) is 14.5. The zero-order chi connectivity index (χ0) is 37.0. The van der Waals surface area contributed by atoms with E-state index in [4.69, 9.17) is 0 Å². The van der Waals surface area contributed by atoms with E-state index >= 15 is 0 Å². The summed E-state index contributed by atoms with van der Waals surface area (Å²) in [5, 5.41) is 9.91. The fraction of sp³-hybridized carbons (Fsp3) is 0. The molecule has 262 valence electrons. The van der Waals surface area contributed by atoms with Gasteiger partial charge in [0.25, 0.3) is 0 Å². The highest BCUT2D eigenvalue weighted by molar-refractivity contribution is 6.16. The second-order valence-corrected chi connectivity index (χ2v) is 14.5. The van der Waals surface area contributed by atoms with Crippen molar-refractivity contribution >= 4 is 71.2 Å². The number of benzene rings is 10. The normalized spacial score (nSPS) is 11.6. The number of rotatable bonds is 6. The minimum absolute atomic E-state index is 1.11. The van der Waals surface area contributed by atoms with E-state index in [2.05, 4.69) is 228 Å². The molecule has 0 unspecified atom stereocenters. The van der Waals surface area contributed by atoms with Gasteiger partial charge in [-0.25, -0.2) is 0 Å². The van der Waals surface area contributed by atoms with Crippen molar-refractivity contribution in [2.75, 3.05) is 4.90 Å². The fourth-order valence-electron chi connectivity index (χ4n) is 8.77. The van der Waals surface area contributed by atoms with Crippen molar-refractivity contribution in [3.63, 3.8) is 0 Å². The quantitative estimate of drug-likeness (QED) is 0.156. The molecule has 2 nitrogen and oxygen atoms in total. The van der Waals surface area contributed by atoms with Gasteiger partial charge in [-0.3, -0.25) is 0 Å². The molecule has 0 radical (unpaired) electrons. The molecule has 0 atom stereocenters. The van der Waals surface area contributed by atoms with Crippen molar-refractivity contribution in [2.45, 2.75) is 0 Å². The topological polar surface area (TPSA) is 8.17 Å². The summed E-state index contributed by atoms with van der Waals surface area (Å²) >= 11 is 0. The number of para-hydroxylation sites is 2. The van der Waals surface area contributed by atoms with Gasteiger partial charge in [-0.15, -0.1) is 0 Å². The summed E-state index contributed by atoms with van der Waals surface area (Å²) in [6.07, 6.45) is 0. The van der Waals surface area contributed by atoms with Crippen LogP contribution in [0.25, 0.3) is 82.1 Å². The lowest BCUT2D eigenvalue weighted by molar-refractivity contribution is 1.18. The Morgan fingerprint density at radius 3 is 1.79 bits per heavy atom. The average Bonchev–Trinajstić information content (AvgIpc) is 3.62. The van der Waals surface area contributed by atoms with E-state index in [1.54, 1.807) is 0 Å². The van der Waals surface area contributed by atoms with Crippen LogP contribution in [0.15, 0.2) is 218 Å². The Labute approximate surface area is 325 Å². The van der Waals surface area contributed by atoms with Gasteiger partial charge in [0, 0.05) is 33.2 Å². The third-order valence-electron chi connectivity index (χ3n) is 11.3. The van der Waals surface area contributed by atoms with Crippen LogP contribution < -0.4 is 4.90 Å². The smallest absolute Gasteiger partial charge is 0.0547 e. The minimum Gasteiger partial charge on any atom is -0.310 e. The van der Waals surface area contributed by atoms with Gasteiger partial charge in [-0.1, -0.05) is 158 Å². The van der Waals surface area contributed by atoms with E-state index in [0.29, 0.717) is 0 Å². The lowest BCUT2D eigenvalue weighted by Gasteiger charge is -2.28. The molecule has 10 aromatic carbocycles. The number of hydrogen-bond acceptors (Lipinski definition) is 1. The van der Waals surface area contributed by atoms with Crippen LogP contribution in [0.1, 0.15) is 0 Å². The zero-order valence-corrected chi connectivity index (χ0v) is 30.7. The SMILES string of the molecule is c1ccc(-n2c3ccccc3c3c(-c4cccc(-c5cccc(N(c6ccc7ccccc7c6)c6cc7ccccc7c7ccccc67)c5)c4)cccc32)cc1. The monoisotopic (exact) mass is 712 g/mol. The molecular formula is C54H36N2. The van der Waals surface area contributed by atoms with Crippen molar-refractivity contribution < 1.29 is 0 Å². The first-order chi connectivity index (χ1) is 27.8. The maximum Gasteiger partial charge on any atom is 0.0547 e. The van der Waals surface area contributed by atoms with Crippen molar-refractivity contribution in [2.24, 2.45) is 0 Å². The molecule has 0 fully saturated rings. The summed E-state index contributed by atoms with van der Waals surface area (Å²) in [5.74, 6) is 0. The first-order valence-electron chi connectivity index (χ1n) is 19.3. The van der Waals surface area contributed by atoms with Gasteiger partial charge in [-0.2, -0.15) is 0 Å². The number of fused-ring (bicyclic) bond motifs is 7. The lowest BCUT2D eigenvalue weighted by atomic mass is 9.95. The van der Waals surface area contributed by atoms with Crippen LogP contribution in [0.2, 0.25) is 0 Å². The van der Waals surface area contributed by atoms with Crippen LogP contribution in [0.5, 0.6) is 0 Å². The number of anilines is 3. The highest BCUT2D eigenvalue weighted by atomic mass is 15.1. The predicted octanol–water partition coefficient (Wildman–Crippen LogP) is 15.0. The molecule has 11 rings (SSSR count). The van der Waals surface area contributed by atoms with E-state index in [1.165, 1.54) is 76.4 Å². The Bertz CT molecular complexity index is 3260. The standard InChI is InChI=1S/C54H36N2/c1-2-21-43(22-3-1)56-51-29-11-10-27-50(51)54-47(28-14-30-52(54)56)41-20-12-18-38(33-41)40-19-13-23-44(35-40)55(45-32-31-37-15-4-5-16-39(37)34-45)53-36-42-17-6-7-24-46(42)48-25-8-9-26-49(48)53/h1-36H. The number of aromatic nitrogens is 1. The van der Waals surface area contributed by atoms with Crippen LogP contribution in [0, 0.1) is 0 Å². The molecule has 0 N–H and O–H groups in total. The van der Waals surface area contributed by atoms with Crippen molar-refractivity contribution in [3.8, 4) is 27.9 Å². The Balaban J connectivity index is 1.09. The molecule has 56 heavy (non-hydrogen) atoms. The predicted molar refractivity (Wildman–Crippen MR) is 239 cm³/mol. The average molecular weight is 713 g/mol. The summed E-state index contributed by atoms with van der Waals surface area (Å²) < 4.78 is 2.39. The third kappa shape index (κ3) is 5.26. The molecule has 11 aromatic rings. The van der Waals surface area contributed by atoms with E-state index in [0.717, 1.165) is 22.7 Å². The van der Waals surface area contributed by atoms with Crippen molar-refractivity contribution in [1.29, 1.82) is 0 Å². The summed E-state index contributed by atoms with van der Waals surface area (Å²) in [5.41, 5.74) is 11.7. The minimum atomic E-state index is 1.11. The molecule has 0 aliphatic carbocycles. The Morgan fingerprint density at radius 2 is 0.929 bits per heavy atom. The Morgan fingerprint density at radius 1 is 0.321 bits per heavy atom. The highest BCUT2D eigenvalue weighted by Crippen LogP contribution is 2.44. The molecule has 0 spiro atoms. The van der Waals surface area contributed by atoms with Gasteiger partial charge in [0.2, 0.25) is 0 Å². The molecule has 0 aliphatic heterocycles. The van der Waals surface area contributed by atoms with Gasteiger partial charge in [0.05, 0.1) is 16.7 Å². The number of hydrogen-bond donors (Lipinski definition) is 0. The maximum absolute atomic E-state index is 2.44. The van der Waals surface area contributed by atoms with E-state index in [1.807, 2.05) is 0 Å². The lowest BCUT2D eigenvalue weighted by Crippen LogP contribution is -2.11. The van der Waals surface area contributed by atoms with E-state index < -0.39 is 0 Å². The second kappa shape index (κ2) is 13.2. The van der Waals surface area contributed by atoms with Gasteiger partial charge in [-0.05, 0) is 110 Å². The molecular weight excluding hydrogens is 677 g/mol. The van der Waals surface area contributed by atoms with Gasteiger partial charge in [0.1, 0.15) is 0 Å². The summed E-state index contributed by atoms with van der Waals surface area (Å²) in [4.78, 5) is 2.44. The third-order valence-corrected chi connectivity index (χ3v) is 11.3. The van der Waals surface area contributed by atoms with Crippen LogP contribution >= 0.6 is 0 Å². The first kappa shape index (κ1) is 32.0. The molecule has 0 saturated heterocycles. The largest absolute Gasteiger partial charge is 0.310 e. The van der Waals surface area contributed by atoms with Crippen molar-refractivity contribution in [1.82, 2.24) is 4.57 Å². The summed E-state index contributed by atoms with van der Waals surface area (Å²) in [7, 11) is 0. The van der Waals surface area contributed by atoms with Crippen LogP contribution in [-0.2, 0) is 0 Å². The van der Waals surface area contributed by atoms with Gasteiger partial charge < -0.3 is 9.47 Å². The molecule has 0 amide bonds. The van der Waals surface area contributed by atoms with Crippen LogP contribution in [0.4, 0.5) is 17.1 Å². The number of nitrogens with zero attached hydrogens (tertiary/aromatic N) is 2. The summed E-state index contributed by atoms with van der Waals surface area (Å²) in [6.45, 7) is 0.